The van der Waals surface area contributed by atoms with E-state index in [-0.39, 0.29) is 0 Å². The number of unbranched alkanes of at least 4 members (excludes halogenated alkanes) is 5. The fourth-order valence-electron chi connectivity index (χ4n) is 1.22. The Kier molecular flexibility index (Phi) is 10.4. The van der Waals surface area contributed by atoms with Crippen LogP contribution in [0.2, 0.25) is 0 Å². The summed E-state index contributed by atoms with van der Waals surface area (Å²) in [6.45, 7) is 3.04. The van der Waals surface area contributed by atoms with Crippen molar-refractivity contribution < 1.29 is 0 Å². The SMILES string of the molecule is CC/C=C/CCCCCCCN. The molecule has 0 heterocycles. The molecular weight excluding hydrogens is 146 g/mol. The number of nitrogens with two attached hydrogens (primary N) is 1. The highest BCUT2D eigenvalue weighted by molar-refractivity contribution is 4.79. The van der Waals surface area contributed by atoms with Gasteiger partial charge in [-0.05, 0) is 32.2 Å². The van der Waals surface area contributed by atoms with Gasteiger partial charge in [-0.15, -0.1) is 0 Å². The van der Waals surface area contributed by atoms with Gasteiger partial charge in [-0.1, -0.05) is 38.3 Å². The van der Waals surface area contributed by atoms with Gasteiger partial charge in [0.1, 0.15) is 0 Å². The number of hydrogen-bond acceptors (Lipinski definition) is 1. The lowest BCUT2D eigenvalue weighted by atomic mass is 10.1. The summed E-state index contributed by atoms with van der Waals surface area (Å²) < 4.78 is 0. The van der Waals surface area contributed by atoms with Gasteiger partial charge in [0.15, 0.2) is 0 Å². The zero-order chi connectivity index (χ0) is 9.07. The smallest absolute Gasteiger partial charge is 0.00773 e. The Morgan fingerprint density at radius 3 is 2.25 bits per heavy atom. The van der Waals surface area contributed by atoms with E-state index in [1.807, 2.05) is 0 Å². The Bertz CT molecular complexity index is 97.2. The van der Waals surface area contributed by atoms with Crippen LogP contribution in [0.5, 0.6) is 0 Å². The van der Waals surface area contributed by atoms with E-state index >= 15 is 0 Å². The molecule has 0 radical (unpaired) electrons. The second-order valence-corrected chi connectivity index (χ2v) is 3.22. The predicted octanol–water partition coefficient (Wildman–Crippen LogP) is 3.25. The molecule has 0 aliphatic carbocycles. The fourth-order valence-corrected chi connectivity index (χ4v) is 1.22. The molecule has 0 rings (SSSR count). The summed E-state index contributed by atoms with van der Waals surface area (Å²) in [7, 11) is 0. The Morgan fingerprint density at radius 2 is 1.58 bits per heavy atom. The third-order valence-corrected chi connectivity index (χ3v) is 1.98. The first-order chi connectivity index (χ1) is 5.91. The lowest BCUT2D eigenvalue weighted by Gasteiger charge is -1.97. The Morgan fingerprint density at radius 1 is 0.917 bits per heavy atom. The van der Waals surface area contributed by atoms with Crippen molar-refractivity contribution in [1.82, 2.24) is 0 Å². The summed E-state index contributed by atoms with van der Waals surface area (Å²) in [6.07, 6.45) is 13.6. The zero-order valence-electron chi connectivity index (χ0n) is 8.39. The van der Waals surface area contributed by atoms with Gasteiger partial charge in [-0.3, -0.25) is 0 Å². The summed E-state index contributed by atoms with van der Waals surface area (Å²) in [6, 6.07) is 0. The molecule has 0 fully saturated rings. The molecule has 2 N–H and O–H groups in total. The molecule has 0 spiro atoms. The lowest BCUT2D eigenvalue weighted by molar-refractivity contribution is 0.622. The first-order valence-electron chi connectivity index (χ1n) is 5.27. The van der Waals surface area contributed by atoms with Crippen molar-refractivity contribution in [3.05, 3.63) is 12.2 Å². The minimum Gasteiger partial charge on any atom is -0.330 e. The molecule has 1 heteroatoms. The summed E-state index contributed by atoms with van der Waals surface area (Å²) in [5.74, 6) is 0. The number of allylic oxidation sites excluding steroid dienone is 2. The molecule has 0 bridgehead atoms. The molecule has 0 aromatic rings. The molecule has 0 saturated heterocycles. The number of hydrogen-bond donors (Lipinski definition) is 1. The van der Waals surface area contributed by atoms with E-state index in [0.29, 0.717) is 0 Å². The normalized spacial score (nSPS) is 11.2. The molecule has 0 aliphatic heterocycles. The van der Waals surface area contributed by atoms with Crippen molar-refractivity contribution in [3.8, 4) is 0 Å². The van der Waals surface area contributed by atoms with Crippen LogP contribution in [0.1, 0.15) is 51.9 Å². The minimum atomic E-state index is 0.857. The summed E-state index contributed by atoms with van der Waals surface area (Å²) >= 11 is 0. The summed E-state index contributed by atoms with van der Waals surface area (Å²) in [5, 5.41) is 0. The van der Waals surface area contributed by atoms with Crippen molar-refractivity contribution in [3.63, 3.8) is 0 Å². The largest absolute Gasteiger partial charge is 0.330 e. The molecule has 0 unspecified atom stereocenters. The molecule has 0 saturated carbocycles. The average molecular weight is 169 g/mol. The van der Waals surface area contributed by atoms with Gasteiger partial charge in [0, 0.05) is 0 Å². The fraction of sp³-hybridized carbons (Fsp3) is 0.818. The van der Waals surface area contributed by atoms with Crippen LogP contribution in [-0.2, 0) is 0 Å². The third kappa shape index (κ3) is 9.70. The molecule has 1 nitrogen and oxygen atoms in total. The van der Waals surface area contributed by atoms with Crippen LogP contribution in [0.15, 0.2) is 12.2 Å². The second-order valence-electron chi connectivity index (χ2n) is 3.22. The van der Waals surface area contributed by atoms with Gasteiger partial charge in [-0.25, -0.2) is 0 Å². The van der Waals surface area contributed by atoms with Crippen LogP contribution in [0.25, 0.3) is 0 Å². The van der Waals surface area contributed by atoms with Gasteiger partial charge in [-0.2, -0.15) is 0 Å². The van der Waals surface area contributed by atoms with Crippen molar-refractivity contribution in [2.45, 2.75) is 51.9 Å². The lowest BCUT2D eigenvalue weighted by Crippen LogP contribution is -1.97. The van der Waals surface area contributed by atoms with Gasteiger partial charge >= 0.3 is 0 Å². The van der Waals surface area contributed by atoms with E-state index in [2.05, 4.69) is 19.1 Å². The first-order valence-corrected chi connectivity index (χ1v) is 5.27. The van der Waals surface area contributed by atoms with E-state index in [9.17, 15) is 0 Å². The molecule has 0 atom stereocenters. The van der Waals surface area contributed by atoms with Crippen LogP contribution < -0.4 is 5.73 Å². The minimum absolute atomic E-state index is 0.857. The standard InChI is InChI=1S/C11H23N/c1-2-3-4-5-6-7-8-9-10-11-12/h3-4H,2,5-12H2,1H3/b4-3+. The molecule has 72 valence electrons. The van der Waals surface area contributed by atoms with Gasteiger partial charge < -0.3 is 5.73 Å². The third-order valence-electron chi connectivity index (χ3n) is 1.98. The van der Waals surface area contributed by atoms with E-state index in [1.54, 1.807) is 0 Å². The average Bonchev–Trinajstić information content (AvgIpc) is 2.10. The van der Waals surface area contributed by atoms with Gasteiger partial charge in [0.05, 0.1) is 0 Å². The highest BCUT2D eigenvalue weighted by Gasteiger charge is 1.87. The molecule has 12 heavy (non-hydrogen) atoms. The maximum atomic E-state index is 5.40. The van der Waals surface area contributed by atoms with Crippen molar-refractivity contribution in [2.24, 2.45) is 5.73 Å². The second kappa shape index (κ2) is 10.7. The monoisotopic (exact) mass is 169 g/mol. The molecule has 0 amide bonds. The van der Waals surface area contributed by atoms with Crippen LogP contribution in [-0.4, -0.2) is 6.54 Å². The number of rotatable bonds is 8. The molecule has 0 aromatic carbocycles. The Hall–Kier alpha value is -0.300. The maximum absolute atomic E-state index is 5.40. The van der Waals surface area contributed by atoms with Crippen LogP contribution in [0.3, 0.4) is 0 Å². The highest BCUT2D eigenvalue weighted by atomic mass is 14.5. The van der Waals surface area contributed by atoms with E-state index in [4.69, 9.17) is 5.73 Å². The Balaban J connectivity index is 2.86. The van der Waals surface area contributed by atoms with E-state index in [1.165, 1.54) is 44.9 Å². The van der Waals surface area contributed by atoms with Crippen molar-refractivity contribution in [1.29, 1.82) is 0 Å². The van der Waals surface area contributed by atoms with Crippen LogP contribution in [0.4, 0.5) is 0 Å². The summed E-state index contributed by atoms with van der Waals surface area (Å²) in [5.41, 5.74) is 5.40. The van der Waals surface area contributed by atoms with E-state index in [0.717, 1.165) is 6.54 Å². The zero-order valence-corrected chi connectivity index (χ0v) is 8.39. The molecule has 0 aliphatic rings. The molecule has 0 aromatic heterocycles. The first kappa shape index (κ1) is 11.7. The van der Waals surface area contributed by atoms with Crippen LogP contribution in [0, 0.1) is 0 Å². The maximum Gasteiger partial charge on any atom is -0.00773 e. The van der Waals surface area contributed by atoms with Crippen molar-refractivity contribution in [2.75, 3.05) is 6.54 Å². The predicted molar refractivity (Wildman–Crippen MR) is 56.2 cm³/mol. The van der Waals surface area contributed by atoms with Crippen molar-refractivity contribution >= 4 is 0 Å². The van der Waals surface area contributed by atoms with Gasteiger partial charge in [0.2, 0.25) is 0 Å². The molecular formula is C11H23N. The topological polar surface area (TPSA) is 26.0 Å². The summed E-state index contributed by atoms with van der Waals surface area (Å²) in [4.78, 5) is 0. The van der Waals surface area contributed by atoms with E-state index < -0.39 is 0 Å². The van der Waals surface area contributed by atoms with Crippen LogP contribution >= 0.6 is 0 Å². The van der Waals surface area contributed by atoms with Gasteiger partial charge in [0.25, 0.3) is 0 Å². The quantitative estimate of drug-likeness (QED) is 0.438. The Labute approximate surface area is 77.0 Å². The highest BCUT2D eigenvalue weighted by Crippen LogP contribution is 2.05.